The van der Waals surface area contributed by atoms with Crippen molar-refractivity contribution in [3.63, 3.8) is 0 Å². The first-order valence-electron chi connectivity index (χ1n) is 7.15. The van der Waals surface area contributed by atoms with Crippen LogP contribution >= 0.6 is 0 Å². The Morgan fingerprint density at radius 3 is 2.44 bits per heavy atom. The maximum Gasteiger partial charge on any atom is 0.0275 e. The van der Waals surface area contributed by atoms with Crippen molar-refractivity contribution in [2.24, 2.45) is 11.7 Å². The fourth-order valence-corrected chi connectivity index (χ4v) is 2.09. The second-order valence-electron chi connectivity index (χ2n) is 5.75. The van der Waals surface area contributed by atoms with Gasteiger partial charge in [0.1, 0.15) is 0 Å². The Morgan fingerprint density at radius 2 is 1.88 bits per heavy atom. The van der Waals surface area contributed by atoms with Gasteiger partial charge in [0, 0.05) is 12.1 Å². The molecule has 3 N–H and O–H groups in total. The third-order valence-electron chi connectivity index (χ3n) is 3.80. The van der Waals surface area contributed by atoms with Crippen LogP contribution in [-0.2, 0) is 0 Å². The van der Waals surface area contributed by atoms with Gasteiger partial charge in [0.05, 0.1) is 0 Å². The third-order valence-corrected chi connectivity index (χ3v) is 3.80. The first-order valence-corrected chi connectivity index (χ1v) is 7.15. The summed E-state index contributed by atoms with van der Waals surface area (Å²) in [7, 11) is 0. The number of unbranched alkanes of at least 4 members (excludes halogenated alkanes) is 4. The molecule has 0 aromatic heterocycles. The summed E-state index contributed by atoms with van der Waals surface area (Å²) >= 11 is 0. The minimum Gasteiger partial charge on any atom is -0.329 e. The SMILES string of the molecule is CCCCCCCC(C)(CN)NCC1CC1. The van der Waals surface area contributed by atoms with E-state index in [4.69, 9.17) is 5.73 Å². The lowest BCUT2D eigenvalue weighted by atomic mass is 9.93. The molecule has 0 aromatic carbocycles. The maximum atomic E-state index is 5.89. The minimum atomic E-state index is 0.189. The Labute approximate surface area is 101 Å². The highest BCUT2D eigenvalue weighted by atomic mass is 15.0. The third kappa shape index (κ3) is 5.86. The molecule has 0 saturated heterocycles. The van der Waals surface area contributed by atoms with E-state index in [0.717, 1.165) is 12.5 Å². The lowest BCUT2D eigenvalue weighted by molar-refractivity contribution is 0.321. The summed E-state index contributed by atoms with van der Waals surface area (Å²) in [5, 5.41) is 3.67. The zero-order valence-corrected chi connectivity index (χ0v) is 11.2. The second kappa shape index (κ2) is 7.29. The summed E-state index contributed by atoms with van der Waals surface area (Å²) in [5.74, 6) is 0.950. The molecule has 1 atom stereocenters. The summed E-state index contributed by atoms with van der Waals surface area (Å²) in [6, 6.07) is 0. The number of nitrogens with one attached hydrogen (secondary N) is 1. The molecule has 2 nitrogen and oxygen atoms in total. The van der Waals surface area contributed by atoms with Crippen molar-refractivity contribution in [3.8, 4) is 0 Å². The van der Waals surface area contributed by atoms with Crippen molar-refractivity contribution >= 4 is 0 Å². The van der Waals surface area contributed by atoms with Crippen molar-refractivity contribution < 1.29 is 0 Å². The summed E-state index contributed by atoms with van der Waals surface area (Å²) in [5.41, 5.74) is 6.08. The van der Waals surface area contributed by atoms with Crippen LogP contribution in [0.5, 0.6) is 0 Å². The zero-order chi connectivity index (χ0) is 11.9. The van der Waals surface area contributed by atoms with Crippen molar-refractivity contribution in [1.29, 1.82) is 0 Å². The van der Waals surface area contributed by atoms with Gasteiger partial charge in [-0.2, -0.15) is 0 Å². The standard InChI is InChI=1S/C14H30N2/c1-3-4-5-6-7-10-14(2,12-15)16-11-13-8-9-13/h13,16H,3-12,15H2,1-2H3. The molecule has 1 saturated carbocycles. The van der Waals surface area contributed by atoms with E-state index in [1.54, 1.807) is 0 Å². The molecule has 0 aromatic rings. The largest absolute Gasteiger partial charge is 0.329 e. The van der Waals surface area contributed by atoms with E-state index in [1.807, 2.05) is 0 Å². The summed E-state index contributed by atoms with van der Waals surface area (Å²) in [4.78, 5) is 0. The minimum absolute atomic E-state index is 0.189. The van der Waals surface area contributed by atoms with Crippen LogP contribution in [0, 0.1) is 5.92 Å². The number of hydrogen-bond acceptors (Lipinski definition) is 2. The summed E-state index contributed by atoms with van der Waals surface area (Å²) in [6.45, 7) is 6.51. The van der Waals surface area contributed by atoms with Crippen LogP contribution in [0.25, 0.3) is 0 Å². The maximum absolute atomic E-state index is 5.89. The molecule has 0 aliphatic heterocycles. The van der Waals surface area contributed by atoms with Crippen molar-refractivity contribution in [2.45, 2.75) is 70.8 Å². The molecule has 1 fully saturated rings. The van der Waals surface area contributed by atoms with E-state index in [9.17, 15) is 0 Å². The molecular weight excluding hydrogens is 196 g/mol. The lowest BCUT2D eigenvalue weighted by Gasteiger charge is -2.29. The molecule has 96 valence electrons. The Kier molecular flexibility index (Phi) is 6.37. The van der Waals surface area contributed by atoms with Gasteiger partial charge in [-0.25, -0.2) is 0 Å². The van der Waals surface area contributed by atoms with E-state index < -0.39 is 0 Å². The van der Waals surface area contributed by atoms with Crippen LogP contribution in [0.15, 0.2) is 0 Å². The van der Waals surface area contributed by atoms with Gasteiger partial charge in [0.25, 0.3) is 0 Å². The van der Waals surface area contributed by atoms with Crippen LogP contribution in [0.3, 0.4) is 0 Å². The van der Waals surface area contributed by atoms with Crippen LogP contribution in [-0.4, -0.2) is 18.6 Å². The Bertz CT molecular complexity index is 178. The van der Waals surface area contributed by atoms with Gasteiger partial charge in [-0.15, -0.1) is 0 Å². The first-order chi connectivity index (χ1) is 7.70. The topological polar surface area (TPSA) is 38.0 Å². The van der Waals surface area contributed by atoms with E-state index in [1.165, 1.54) is 57.9 Å². The summed E-state index contributed by atoms with van der Waals surface area (Å²) < 4.78 is 0. The second-order valence-corrected chi connectivity index (χ2v) is 5.75. The van der Waals surface area contributed by atoms with Gasteiger partial charge in [0.2, 0.25) is 0 Å². The molecular formula is C14H30N2. The molecule has 1 aliphatic carbocycles. The zero-order valence-electron chi connectivity index (χ0n) is 11.2. The number of rotatable bonds is 10. The van der Waals surface area contributed by atoms with Gasteiger partial charge >= 0.3 is 0 Å². The number of hydrogen-bond donors (Lipinski definition) is 2. The molecule has 0 spiro atoms. The molecule has 0 amide bonds. The first kappa shape index (κ1) is 14.0. The fraction of sp³-hybridized carbons (Fsp3) is 1.00. The normalized spacial score (nSPS) is 19.7. The Balaban J connectivity index is 2.07. The predicted octanol–water partition coefficient (Wildman–Crippen LogP) is 3.06. The van der Waals surface area contributed by atoms with E-state index in [2.05, 4.69) is 19.2 Å². The highest BCUT2D eigenvalue weighted by molar-refractivity contribution is 4.87. The van der Waals surface area contributed by atoms with E-state index >= 15 is 0 Å². The average Bonchev–Trinajstić information content (AvgIpc) is 3.10. The molecule has 1 rings (SSSR count). The molecule has 16 heavy (non-hydrogen) atoms. The van der Waals surface area contributed by atoms with Crippen molar-refractivity contribution in [3.05, 3.63) is 0 Å². The van der Waals surface area contributed by atoms with Crippen LogP contribution < -0.4 is 11.1 Å². The van der Waals surface area contributed by atoms with E-state index in [-0.39, 0.29) is 5.54 Å². The van der Waals surface area contributed by atoms with Crippen LogP contribution in [0.2, 0.25) is 0 Å². The molecule has 0 radical (unpaired) electrons. The monoisotopic (exact) mass is 226 g/mol. The molecule has 2 heteroatoms. The highest BCUT2D eigenvalue weighted by Crippen LogP contribution is 2.28. The Hall–Kier alpha value is -0.0800. The van der Waals surface area contributed by atoms with Crippen molar-refractivity contribution in [2.75, 3.05) is 13.1 Å². The van der Waals surface area contributed by atoms with Crippen molar-refractivity contribution in [1.82, 2.24) is 5.32 Å². The quantitative estimate of drug-likeness (QED) is 0.562. The predicted molar refractivity (Wildman–Crippen MR) is 71.6 cm³/mol. The molecule has 0 bridgehead atoms. The Morgan fingerprint density at radius 1 is 1.19 bits per heavy atom. The molecule has 1 unspecified atom stereocenters. The molecule has 1 aliphatic rings. The fourth-order valence-electron chi connectivity index (χ4n) is 2.09. The van der Waals surface area contributed by atoms with Gasteiger partial charge < -0.3 is 11.1 Å². The van der Waals surface area contributed by atoms with Crippen LogP contribution in [0.4, 0.5) is 0 Å². The lowest BCUT2D eigenvalue weighted by Crippen LogP contribution is -2.49. The highest BCUT2D eigenvalue weighted by Gasteiger charge is 2.26. The average molecular weight is 226 g/mol. The number of nitrogens with two attached hydrogens (primary N) is 1. The summed E-state index contributed by atoms with van der Waals surface area (Å²) in [6.07, 6.45) is 10.9. The van der Waals surface area contributed by atoms with Gasteiger partial charge in [-0.3, -0.25) is 0 Å². The molecule has 0 heterocycles. The van der Waals surface area contributed by atoms with Gasteiger partial charge in [-0.05, 0) is 38.6 Å². The van der Waals surface area contributed by atoms with Gasteiger partial charge in [-0.1, -0.05) is 39.0 Å². The van der Waals surface area contributed by atoms with Crippen LogP contribution in [0.1, 0.15) is 65.2 Å². The smallest absolute Gasteiger partial charge is 0.0275 e. The van der Waals surface area contributed by atoms with Gasteiger partial charge in [0.15, 0.2) is 0 Å². The van der Waals surface area contributed by atoms with E-state index in [0.29, 0.717) is 0 Å².